The number of benzene rings is 3. The lowest BCUT2D eigenvalue weighted by molar-refractivity contribution is -0.118. The average molecular weight is 552 g/mol. The Balaban J connectivity index is 1.81. The lowest BCUT2D eigenvalue weighted by atomic mass is 10.0. The number of anilines is 1. The van der Waals surface area contributed by atoms with Crippen LogP contribution in [0.3, 0.4) is 0 Å². The van der Waals surface area contributed by atoms with Crippen molar-refractivity contribution in [3.05, 3.63) is 86.5 Å². The van der Waals surface area contributed by atoms with Gasteiger partial charge in [0.2, 0.25) is 0 Å². The molecule has 0 aliphatic carbocycles. The van der Waals surface area contributed by atoms with E-state index in [1.54, 1.807) is 0 Å². The van der Waals surface area contributed by atoms with Crippen molar-refractivity contribution in [2.24, 2.45) is 0 Å². The molecule has 1 amide bonds. The normalized spacial score (nSPS) is 10.9. The summed E-state index contributed by atoms with van der Waals surface area (Å²) in [4.78, 5) is 12.4. The first-order valence-electron chi connectivity index (χ1n) is 10.5. The molecule has 0 saturated heterocycles. The van der Waals surface area contributed by atoms with E-state index in [9.17, 15) is 10.1 Å². The van der Waals surface area contributed by atoms with Crippen molar-refractivity contribution in [3.63, 3.8) is 0 Å². The van der Waals surface area contributed by atoms with E-state index < -0.39 is 0 Å². The molecule has 168 valence electrons. The standard InChI is InChI=1S/C27H25IN2O3/c1-4-32-25-15-20(13-22(16-29)21-10-8-18(2)9-11-21)14-24(28)27(25)33-17-26(31)30-23-7-5-6-19(3)12-23/h5-15H,4,17H2,1-3H3,(H,30,31)/b22-13+. The highest BCUT2D eigenvalue weighted by Crippen LogP contribution is 2.35. The van der Waals surface area contributed by atoms with Gasteiger partial charge in [-0.15, -0.1) is 0 Å². The summed E-state index contributed by atoms with van der Waals surface area (Å²) in [7, 11) is 0. The Bertz CT molecular complexity index is 1210. The zero-order valence-corrected chi connectivity index (χ0v) is 21.0. The molecule has 0 aromatic heterocycles. The van der Waals surface area contributed by atoms with Crippen molar-refractivity contribution in [3.8, 4) is 17.6 Å². The number of allylic oxidation sites excluding steroid dienone is 1. The third-order valence-electron chi connectivity index (χ3n) is 4.78. The molecule has 3 aromatic carbocycles. The molecule has 33 heavy (non-hydrogen) atoms. The number of hydrogen-bond acceptors (Lipinski definition) is 4. The van der Waals surface area contributed by atoms with Gasteiger partial charge in [0.25, 0.3) is 5.91 Å². The van der Waals surface area contributed by atoms with Crippen molar-refractivity contribution < 1.29 is 14.3 Å². The number of nitriles is 1. The van der Waals surface area contributed by atoms with Gasteiger partial charge in [-0.25, -0.2) is 0 Å². The van der Waals surface area contributed by atoms with E-state index in [1.807, 2.05) is 87.5 Å². The molecule has 3 rings (SSSR count). The topological polar surface area (TPSA) is 71.3 Å². The number of amides is 1. The lowest BCUT2D eigenvalue weighted by Crippen LogP contribution is -2.20. The number of nitrogens with one attached hydrogen (secondary N) is 1. The zero-order chi connectivity index (χ0) is 23.8. The van der Waals surface area contributed by atoms with E-state index in [-0.39, 0.29) is 12.5 Å². The number of ether oxygens (including phenoxy) is 2. The van der Waals surface area contributed by atoms with Crippen molar-refractivity contribution in [2.75, 3.05) is 18.5 Å². The third kappa shape index (κ3) is 6.83. The van der Waals surface area contributed by atoms with Crippen LogP contribution in [-0.2, 0) is 4.79 Å². The SMILES string of the molecule is CCOc1cc(/C=C(\C#N)c2ccc(C)cc2)cc(I)c1OCC(=O)Nc1cccc(C)c1. The number of aryl methyl sites for hydroxylation is 2. The summed E-state index contributed by atoms with van der Waals surface area (Å²) < 4.78 is 12.4. The molecule has 1 N–H and O–H groups in total. The Labute approximate surface area is 208 Å². The van der Waals surface area contributed by atoms with Crippen LogP contribution >= 0.6 is 22.6 Å². The minimum absolute atomic E-state index is 0.147. The summed E-state index contributed by atoms with van der Waals surface area (Å²) in [6, 6.07) is 21.4. The second kappa shape index (κ2) is 11.5. The van der Waals surface area contributed by atoms with Gasteiger partial charge in [0.05, 0.1) is 21.8 Å². The maximum Gasteiger partial charge on any atom is 0.262 e. The van der Waals surface area contributed by atoms with Gasteiger partial charge in [0.1, 0.15) is 0 Å². The van der Waals surface area contributed by atoms with E-state index in [4.69, 9.17) is 9.47 Å². The van der Waals surface area contributed by atoms with Gasteiger partial charge in [-0.3, -0.25) is 4.79 Å². The van der Waals surface area contributed by atoms with Crippen LogP contribution in [0.25, 0.3) is 11.6 Å². The Morgan fingerprint density at radius 1 is 1.06 bits per heavy atom. The Hall–Kier alpha value is -3.31. The van der Waals surface area contributed by atoms with Gasteiger partial charge in [0.15, 0.2) is 18.1 Å². The first-order chi connectivity index (χ1) is 15.9. The second-order valence-electron chi connectivity index (χ2n) is 7.51. The molecular formula is C27H25IN2O3. The van der Waals surface area contributed by atoms with Crippen LogP contribution in [0.1, 0.15) is 29.2 Å². The molecule has 0 atom stereocenters. The van der Waals surface area contributed by atoms with E-state index >= 15 is 0 Å². The van der Waals surface area contributed by atoms with Crippen molar-refractivity contribution in [2.45, 2.75) is 20.8 Å². The maximum absolute atomic E-state index is 12.4. The third-order valence-corrected chi connectivity index (χ3v) is 5.58. The number of carbonyl (C=O) groups excluding carboxylic acids is 1. The van der Waals surface area contributed by atoms with Gasteiger partial charge in [-0.1, -0.05) is 42.0 Å². The fraction of sp³-hybridized carbons (Fsp3) is 0.185. The molecule has 6 heteroatoms. The molecule has 0 aliphatic heterocycles. The molecule has 0 unspecified atom stereocenters. The van der Waals surface area contributed by atoms with Crippen LogP contribution in [0, 0.1) is 28.7 Å². The molecule has 0 spiro atoms. The van der Waals surface area contributed by atoms with E-state index in [0.29, 0.717) is 23.7 Å². The average Bonchev–Trinajstić information content (AvgIpc) is 2.78. The van der Waals surface area contributed by atoms with Gasteiger partial charge >= 0.3 is 0 Å². The van der Waals surface area contributed by atoms with Crippen LogP contribution < -0.4 is 14.8 Å². The summed E-state index contributed by atoms with van der Waals surface area (Å²) in [6.07, 6.45) is 1.82. The van der Waals surface area contributed by atoms with Gasteiger partial charge in [-0.2, -0.15) is 5.26 Å². The molecule has 5 nitrogen and oxygen atoms in total. The molecule has 0 heterocycles. The molecule has 3 aromatic rings. The highest BCUT2D eigenvalue weighted by molar-refractivity contribution is 14.1. The van der Waals surface area contributed by atoms with Gasteiger partial charge < -0.3 is 14.8 Å². The van der Waals surface area contributed by atoms with E-state index in [0.717, 1.165) is 31.5 Å². The van der Waals surface area contributed by atoms with Crippen LogP contribution in [0.15, 0.2) is 60.7 Å². The molecule has 0 radical (unpaired) electrons. The molecule has 0 aliphatic rings. The number of rotatable bonds is 8. The predicted molar refractivity (Wildman–Crippen MR) is 140 cm³/mol. The van der Waals surface area contributed by atoms with Crippen molar-refractivity contribution >= 4 is 45.8 Å². The first-order valence-corrected chi connectivity index (χ1v) is 11.6. The Kier molecular flexibility index (Phi) is 8.50. The highest BCUT2D eigenvalue weighted by Gasteiger charge is 2.14. The van der Waals surface area contributed by atoms with Gasteiger partial charge in [-0.05, 0) is 90.4 Å². The fourth-order valence-corrected chi connectivity index (χ4v) is 3.99. The Morgan fingerprint density at radius 3 is 2.48 bits per heavy atom. The summed E-state index contributed by atoms with van der Waals surface area (Å²) in [5.41, 5.74) is 5.15. The molecule has 0 fully saturated rings. The highest BCUT2D eigenvalue weighted by atomic mass is 127. The smallest absolute Gasteiger partial charge is 0.262 e. The van der Waals surface area contributed by atoms with Crippen LogP contribution in [0.2, 0.25) is 0 Å². The summed E-state index contributed by atoms with van der Waals surface area (Å²) in [6.45, 7) is 6.16. The van der Waals surface area contributed by atoms with Crippen LogP contribution in [0.5, 0.6) is 11.5 Å². The van der Waals surface area contributed by atoms with Crippen LogP contribution in [0.4, 0.5) is 5.69 Å². The second-order valence-corrected chi connectivity index (χ2v) is 8.67. The summed E-state index contributed by atoms with van der Waals surface area (Å²) in [5, 5.41) is 12.5. The largest absolute Gasteiger partial charge is 0.490 e. The van der Waals surface area contributed by atoms with Gasteiger partial charge in [0, 0.05) is 5.69 Å². The van der Waals surface area contributed by atoms with Crippen molar-refractivity contribution in [1.29, 1.82) is 5.26 Å². The van der Waals surface area contributed by atoms with Crippen LogP contribution in [-0.4, -0.2) is 19.1 Å². The Morgan fingerprint density at radius 2 is 1.82 bits per heavy atom. The minimum atomic E-state index is -0.256. The summed E-state index contributed by atoms with van der Waals surface area (Å²) in [5.74, 6) is 0.775. The summed E-state index contributed by atoms with van der Waals surface area (Å²) >= 11 is 2.16. The van der Waals surface area contributed by atoms with Crippen molar-refractivity contribution in [1.82, 2.24) is 0 Å². The van der Waals surface area contributed by atoms with E-state index in [2.05, 4.69) is 34.0 Å². The maximum atomic E-state index is 12.4. The quantitative estimate of drug-likeness (QED) is 0.200. The zero-order valence-electron chi connectivity index (χ0n) is 18.8. The minimum Gasteiger partial charge on any atom is -0.490 e. The first kappa shape index (κ1) is 24.3. The predicted octanol–water partition coefficient (Wildman–Crippen LogP) is 6.39. The molecule has 0 saturated carbocycles. The number of halogens is 1. The molecule has 0 bridgehead atoms. The number of nitrogens with zero attached hydrogens (tertiary/aromatic N) is 1. The number of carbonyl (C=O) groups is 1. The fourth-order valence-electron chi connectivity index (χ4n) is 3.21. The number of hydrogen-bond donors (Lipinski definition) is 1. The molecular weight excluding hydrogens is 527 g/mol. The lowest BCUT2D eigenvalue weighted by Gasteiger charge is -2.15. The monoisotopic (exact) mass is 552 g/mol. The van der Waals surface area contributed by atoms with E-state index in [1.165, 1.54) is 0 Å².